The van der Waals surface area contributed by atoms with Crippen molar-refractivity contribution in [1.29, 1.82) is 5.26 Å². The second-order valence-electron chi connectivity index (χ2n) is 5.22. The normalized spacial score (nSPS) is 11.7. The van der Waals surface area contributed by atoms with Gasteiger partial charge in [0.2, 0.25) is 0 Å². The van der Waals surface area contributed by atoms with Crippen molar-refractivity contribution in [2.75, 3.05) is 13.2 Å². The molecule has 0 aromatic heterocycles. The van der Waals surface area contributed by atoms with Crippen molar-refractivity contribution in [3.63, 3.8) is 0 Å². The van der Waals surface area contributed by atoms with Crippen LogP contribution < -0.4 is 10.1 Å². The first-order chi connectivity index (χ1) is 10.7. The van der Waals surface area contributed by atoms with E-state index in [9.17, 15) is 5.11 Å². The van der Waals surface area contributed by atoms with Crippen LogP contribution in [-0.4, -0.2) is 24.4 Å². The summed E-state index contributed by atoms with van der Waals surface area (Å²) in [5, 5.41) is 21.8. The van der Waals surface area contributed by atoms with E-state index in [0.29, 0.717) is 18.7 Å². The highest BCUT2D eigenvalue weighted by Gasteiger charge is 2.05. The molecule has 0 heterocycles. The number of aliphatic hydroxyl groups is 1. The van der Waals surface area contributed by atoms with E-state index < -0.39 is 6.10 Å². The van der Waals surface area contributed by atoms with Crippen molar-refractivity contribution < 1.29 is 9.84 Å². The molecule has 0 aliphatic heterocycles. The van der Waals surface area contributed by atoms with E-state index in [-0.39, 0.29) is 6.61 Å². The largest absolute Gasteiger partial charge is 0.491 e. The number of aryl methyl sites for hydroxylation is 1. The van der Waals surface area contributed by atoms with E-state index in [4.69, 9.17) is 10.00 Å². The molecule has 0 saturated carbocycles. The molecule has 2 rings (SSSR count). The maximum atomic E-state index is 9.91. The fraction of sp³-hybridized carbons (Fsp3) is 0.278. The lowest BCUT2D eigenvalue weighted by atomic mass is 10.1. The van der Waals surface area contributed by atoms with Crippen LogP contribution in [0, 0.1) is 18.3 Å². The first-order valence-corrected chi connectivity index (χ1v) is 7.24. The summed E-state index contributed by atoms with van der Waals surface area (Å²) in [6.07, 6.45) is -0.570. The summed E-state index contributed by atoms with van der Waals surface area (Å²) in [7, 11) is 0. The zero-order valence-electron chi connectivity index (χ0n) is 12.6. The van der Waals surface area contributed by atoms with Crippen LogP contribution in [0.1, 0.15) is 16.7 Å². The van der Waals surface area contributed by atoms with Crippen LogP contribution in [0.15, 0.2) is 48.5 Å². The summed E-state index contributed by atoms with van der Waals surface area (Å²) < 4.78 is 5.56. The minimum Gasteiger partial charge on any atom is -0.491 e. The lowest BCUT2D eigenvalue weighted by Crippen LogP contribution is -2.31. The van der Waals surface area contributed by atoms with Gasteiger partial charge < -0.3 is 15.2 Å². The zero-order chi connectivity index (χ0) is 15.8. The minimum atomic E-state index is -0.570. The second-order valence-corrected chi connectivity index (χ2v) is 5.22. The molecule has 0 radical (unpaired) electrons. The SMILES string of the molecule is Cc1cccc(OCC(O)CNCc2ccc(C#N)cc2)c1. The Balaban J connectivity index is 1.69. The summed E-state index contributed by atoms with van der Waals surface area (Å²) >= 11 is 0. The standard InChI is InChI=1S/C18H20N2O2/c1-14-3-2-4-18(9-14)22-13-17(21)12-20-11-16-7-5-15(10-19)6-8-16/h2-9,17,20-21H,11-13H2,1H3. The van der Waals surface area contributed by atoms with E-state index >= 15 is 0 Å². The Hall–Kier alpha value is -2.35. The van der Waals surface area contributed by atoms with E-state index in [1.807, 2.05) is 43.3 Å². The van der Waals surface area contributed by atoms with E-state index in [1.165, 1.54) is 0 Å². The van der Waals surface area contributed by atoms with Gasteiger partial charge in [0.05, 0.1) is 11.6 Å². The highest BCUT2D eigenvalue weighted by molar-refractivity contribution is 5.31. The molecule has 2 N–H and O–H groups in total. The Labute approximate surface area is 131 Å². The van der Waals surface area contributed by atoms with Crippen LogP contribution in [0.5, 0.6) is 5.75 Å². The van der Waals surface area contributed by atoms with Crippen molar-refractivity contribution in [2.45, 2.75) is 19.6 Å². The quantitative estimate of drug-likeness (QED) is 0.823. The van der Waals surface area contributed by atoms with Gasteiger partial charge in [-0.1, -0.05) is 24.3 Å². The molecule has 4 heteroatoms. The molecule has 0 saturated heterocycles. The predicted octanol–water partition coefficient (Wildman–Crippen LogP) is 2.40. The van der Waals surface area contributed by atoms with Gasteiger partial charge in [-0.3, -0.25) is 0 Å². The van der Waals surface area contributed by atoms with Crippen molar-refractivity contribution in [3.05, 3.63) is 65.2 Å². The lowest BCUT2D eigenvalue weighted by molar-refractivity contribution is 0.106. The number of nitrogens with zero attached hydrogens (tertiary/aromatic N) is 1. The summed E-state index contributed by atoms with van der Waals surface area (Å²) in [5.74, 6) is 0.770. The summed E-state index contributed by atoms with van der Waals surface area (Å²) in [5.41, 5.74) is 2.85. The molecule has 2 aromatic rings. The number of hydrogen-bond acceptors (Lipinski definition) is 4. The lowest BCUT2D eigenvalue weighted by Gasteiger charge is -2.13. The molecule has 2 aromatic carbocycles. The molecule has 4 nitrogen and oxygen atoms in total. The van der Waals surface area contributed by atoms with Crippen molar-refractivity contribution >= 4 is 0 Å². The van der Waals surface area contributed by atoms with Crippen LogP contribution in [0.3, 0.4) is 0 Å². The molecule has 0 spiro atoms. The Kier molecular flexibility index (Phi) is 5.96. The molecule has 0 fully saturated rings. The third kappa shape index (κ3) is 5.21. The number of benzene rings is 2. The molecule has 0 amide bonds. The number of aliphatic hydroxyl groups excluding tert-OH is 1. The zero-order valence-corrected chi connectivity index (χ0v) is 12.6. The molecule has 22 heavy (non-hydrogen) atoms. The smallest absolute Gasteiger partial charge is 0.119 e. The third-order valence-electron chi connectivity index (χ3n) is 3.22. The van der Waals surface area contributed by atoms with Gasteiger partial charge in [0.1, 0.15) is 18.5 Å². The maximum Gasteiger partial charge on any atom is 0.119 e. The molecular formula is C18H20N2O2. The Morgan fingerprint density at radius 2 is 2.00 bits per heavy atom. The van der Waals surface area contributed by atoms with Gasteiger partial charge in [-0.25, -0.2) is 0 Å². The van der Waals surface area contributed by atoms with Gasteiger partial charge >= 0.3 is 0 Å². The summed E-state index contributed by atoms with van der Waals surface area (Å²) in [6, 6.07) is 17.2. The predicted molar refractivity (Wildman–Crippen MR) is 85.5 cm³/mol. The van der Waals surface area contributed by atoms with Crippen molar-refractivity contribution in [2.24, 2.45) is 0 Å². The van der Waals surface area contributed by atoms with E-state index in [1.54, 1.807) is 12.1 Å². The average molecular weight is 296 g/mol. The van der Waals surface area contributed by atoms with Crippen LogP contribution in [0.4, 0.5) is 0 Å². The summed E-state index contributed by atoms with van der Waals surface area (Å²) in [6.45, 7) is 3.35. The van der Waals surface area contributed by atoms with Crippen molar-refractivity contribution in [3.8, 4) is 11.8 Å². The molecular weight excluding hydrogens is 276 g/mol. The van der Waals surface area contributed by atoms with Gasteiger partial charge in [0.15, 0.2) is 0 Å². The molecule has 0 bridgehead atoms. The first-order valence-electron chi connectivity index (χ1n) is 7.24. The Bertz CT molecular complexity index is 632. The van der Waals surface area contributed by atoms with Crippen LogP contribution >= 0.6 is 0 Å². The highest BCUT2D eigenvalue weighted by Crippen LogP contribution is 2.12. The van der Waals surface area contributed by atoms with E-state index in [2.05, 4.69) is 11.4 Å². The average Bonchev–Trinajstić information content (AvgIpc) is 2.54. The van der Waals surface area contributed by atoms with Gasteiger partial charge in [-0.15, -0.1) is 0 Å². The molecule has 0 aliphatic carbocycles. The van der Waals surface area contributed by atoms with Crippen molar-refractivity contribution in [1.82, 2.24) is 5.32 Å². The topological polar surface area (TPSA) is 65.3 Å². The molecule has 114 valence electrons. The van der Waals surface area contributed by atoms with Gasteiger partial charge in [-0.2, -0.15) is 5.26 Å². The molecule has 1 atom stereocenters. The number of nitriles is 1. The van der Waals surface area contributed by atoms with E-state index in [0.717, 1.165) is 16.9 Å². The first kappa shape index (κ1) is 16.0. The number of rotatable bonds is 7. The Morgan fingerprint density at radius 3 is 2.68 bits per heavy atom. The van der Waals surface area contributed by atoms with Crippen LogP contribution in [-0.2, 0) is 6.54 Å². The molecule has 1 unspecified atom stereocenters. The third-order valence-corrected chi connectivity index (χ3v) is 3.22. The van der Waals surface area contributed by atoms with Gasteiger partial charge in [-0.05, 0) is 42.3 Å². The van der Waals surface area contributed by atoms with Gasteiger partial charge in [0.25, 0.3) is 0 Å². The molecule has 0 aliphatic rings. The minimum absolute atomic E-state index is 0.254. The maximum absolute atomic E-state index is 9.91. The number of nitrogens with one attached hydrogen (secondary N) is 1. The summed E-state index contributed by atoms with van der Waals surface area (Å²) in [4.78, 5) is 0. The highest BCUT2D eigenvalue weighted by atomic mass is 16.5. The fourth-order valence-corrected chi connectivity index (χ4v) is 2.04. The van der Waals surface area contributed by atoms with Crippen LogP contribution in [0.2, 0.25) is 0 Å². The fourth-order valence-electron chi connectivity index (χ4n) is 2.04. The van der Waals surface area contributed by atoms with Crippen LogP contribution in [0.25, 0.3) is 0 Å². The number of hydrogen-bond donors (Lipinski definition) is 2. The van der Waals surface area contributed by atoms with Gasteiger partial charge in [0, 0.05) is 13.1 Å². The second kappa shape index (κ2) is 8.18. The Morgan fingerprint density at radius 1 is 1.23 bits per heavy atom. The number of ether oxygens (including phenoxy) is 1. The monoisotopic (exact) mass is 296 g/mol.